The normalized spacial score (nSPS) is 18.4. The summed E-state index contributed by atoms with van der Waals surface area (Å²) in [6, 6.07) is 13.6. The molecule has 1 aromatic carbocycles. The fourth-order valence-corrected chi connectivity index (χ4v) is 3.61. The molecule has 4 rings (SSSR count). The molecule has 1 aliphatic carbocycles. The number of aryl methyl sites for hydroxylation is 1. The van der Waals surface area contributed by atoms with Gasteiger partial charge in [0.25, 0.3) is 5.70 Å². The number of aromatic nitrogens is 1. The first kappa shape index (κ1) is 15.4. The second-order valence-corrected chi connectivity index (χ2v) is 6.43. The van der Waals surface area contributed by atoms with Crippen molar-refractivity contribution in [3.63, 3.8) is 0 Å². The van der Waals surface area contributed by atoms with Crippen LogP contribution < -0.4 is 0 Å². The lowest BCUT2D eigenvalue weighted by molar-refractivity contribution is -0.419. The van der Waals surface area contributed by atoms with Gasteiger partial charge in [-0.05, 0) is 32.0 Å². The number of nitrogens with zero attached hydrogens (tertiary/aromatic N) is 3. The second-order valence-electron chi connectivity index (χ2n) is 6.43. The number of hydrogen-bond acceptors (Lipinski definition) is 4. The number of aliphatic imine (C=N–C) groups is 1. The molecule has 0 amide bonds. The average Bonchev–Trinajstić information content (AvgIpc) is 2.94. The predicted molar refractivity (Wildman–Crippen MR) is 97.4 cm³/mol. The molecule has 1 aromatic heterocycles. The van der Waals surface area contributed by atoms with Crippen LogP contribution in [-0.4, -0.2) is 15.6 Å². The Labute approximate surface area is 145 Å². The standard InChI is InChI=1S/C20H17N3O2/c1-12-10-14(11-15-7-5-6-13(2)21-15)19-18(20(12)23(24)25)16-8-3-4-9-17(16)22-19/h3-10,14H,11H2,1-2H3. The quantitative estimate of drug-likeness (QED) is 0.622. The lowest BCUT2D eigenvalue weighted by atomic mass is 9.82. The minimum absolute atomic E-state index is 0.0135. The van der Waals surface area contributed by atoms with Crippen LogP contribution in [0.2, 0.25) is 0 Å². The van der Waals surface area contributed by atoms with Crippen LogP contribution in [0.25, 0.3) is 5.57 Å². The molecule has 5 heteroatoms. The number of para-hydroxylation sites is 1. The van der Waals surface area contributed by atoms with E-state index in [-0.39, 0.29) is 16.5 Å². The summed E-state index contributed by atoms with van der Waals surface area (Å²) in [6.07, 6.45) is 2.64. The third-order valence-electron chi connectivity index (χ3n) is 4.64. The molecule has 0 fully saturated rings. The highest BCUT2D eigenvalue weighted by atomic mass is 16.6. The fourth-order valence-electron chi connectivity index (χ4n) is 3.61. The summed E-state index contributed by atoms with van der Waals surface area (Å²) in [5.74, 6) is -0.0135. The molecule has 2 aromatic rings. The molecule has 124 valence electrons. The van der Waals surface area contributed by atoms with E-state index >= 15 is 0 Å². The molecule has 2 heterocycles. The van der Waals surface area contributed by atoms with Gasteiger partial charge in [-0.2, -0.15) is 0 Å². The summed E-state index contributed by atoms with van der Waals surface area (Å²) >= 11 is 0. The molecule has 1 unspecified atom stereocenters. The van der Waals surface area contributed by atoms with Crippen molar-refractivity contribution in [3.05, 3.63) is 86.9 Å². The minimum atomic E-state index is -0.292. The highest BCUT2D eigenvalue weighted by Gasteiger charge is 2.38. The van der Waals surface area contributed by atoms with E-state index in [0.29, 0.717) is 17.6 Å². The van der Waals surface area contributed by atoms with Crippen LogP contribution in [0.5, 0.6) is 0 Å². The molecule has 1 aliphatic heterocycles. The first-order valence-corrected chi connectivity index (χ1v) is 8.23. The zero-order valence-corrected chi connectivity index (χ0v) is 14.1. The first-order valence-electron chi connectivity index (χ1n) is 8.23. The molecular weight excluding hydrogens is 314 g/mol. The number of benzene rings is 1. The average molecular weight is 331 g/mol. The van der Waals surface area contributed by atoms with Crippen molar-refractivity contribution in [3.8, 4) is 0 Å². The summed E-state index contributed by atoms with van der Waals surface area (Å²) in [5.41, 5.74) is 5.88. The number of hydrogen-bond donors (Lipinski definition) is 0. The van der Waals surface area contributed by atoms with Crippen molar-refractivity contribution in [1.29, 1.82) is 0 Å². The van der Waals surface area contributed by atoms with Gasteiger partial charge in [0.1, 0.15) is 0 Å². The number of fused-ring (bicyclic) bond motifs is 3. The molecule has 0 radical (unpaired) electrons. The van der Waals surface area contributed by atoms with Crippen LogP contribution in [0.3, 0.4) is 0 Å². The van der Waals surface area contributed by atoms with E-state index in [0.717, 1.165) is 28.4 Å². The van der Waals surface area contributed by atoms with Crippen LogP contribution in [0.1, 0.15) is 23.9 Å². The Bertz CT molecular complexity index is 986. The van der Waals surface area contributed by atoms with Crippen molar-refractivity contribution in [1.82, 2.24) is 4.98 Å². The van der Waals surface area contributed by atoms with Gasteiger partial charge in [-0.15, -0.1) is 0 Å². The molecule has 2 aliphatic rings. The Morgan fingerprint density at radius 3 is 2.68 bits per heavy atom. The van der Waals surface area contributed by atoms with Gasteiger partial charge < -0.3 is 0 Å². The molecule has 0 N–H and O–H groups in total. The second kappa shape index (κ2) is 5.77. The number of pyridine rings is 1. The van der Waals surface area contributed by atoms with Crippen LogP contribution in [0.4, 0.5) is 5.69 Å². The first-order chi connectivity index (χ1) is 12.0. The molecule has 0 bridgehead atoms. The maximum Gasteiger partial charge on any atom is 0.281 e. The van der Waals surface area contributed by atoms with Crippen molar-refractivity contribution in [2.24, 2.45) is 10.9 Å². The van der Waals surface area contributed by atoms with E-state index in [2.05, 4.69) is 4.98 Å². The third-order valence-corrected chi connectivity index (χ3v) is 4.64. The van der Waals surface area contributed by atoms with E-state index in [4.69, 9.17) is 4.99 Å². The minimum Gasteiger partial charge on any atom is -0.258 e. The summed E-state index contributed by atoms with van der Waals surface area (Å²) in [7, 11) is 0. The maximum absolute atomic E-state index is 11.7. The van der Waals surface area contributed by atoms with Gasteiger partial charge in [0.15, 0.2) is 0 Å². The summed E-state index contributed by atoms with van der Waals surface area (Å²) < 4.78 is 0. The summed E-state index contributed by atoms with van der Waals surface area (Å²) in [4.78, 5) is 20.7. The largest absolute Gasteiger partial charge is 0.281 e. The van der Waals surface area contributed by atoms with Gasteiger partial charge >= 0.3 is 0 Å². The van der Waals surface area contributed by atoms with Crippen molar-refractivity contribution in [2.75, 3.05) is 0 Å². The Kier molecular flexibility index (Phi) is 3.57. The monoisotopic (exact) mass is 331 g/mol. The van der Waals surface area contributed by atoms with E-state index < -0.39 is 0 Å². The Morgan fingerprint density at radius 2 is 1.92 bits per heavy atom. The lowest BCUT2D eigenvalue weighted by Gasteiger charge is -2.20. The van der Waals surface area contributed by atoms with Gasteiger partial charge in [-0.3, -0.25) is 20.1 Å². The molecule has 0 saturated heterocycles. The predicted octanol–water partition coefficient (Wildman–Crippen LogP) is 4.28. The van der Waals surface area contributed by atoms with Gasteiger partial charge in [0.05, 0.1) is 21.9 Å². The Balaban J connectivity index is 1.83. The fraction of sp³-hybridized carbons (Fsp3) is 0.200. The molecule has 0 saturated carbocycles. The Hall–Kier alpha value is -3.08. The van der Waals surface area contributed by atoms with Crippen molar-refractivity contribution >= 4 is 17.0 Å². The smallest absolute Gasteiger partial charge is 0.258 e. The summed E-state index contributed by atoms with van der Waals surface area (Å²) in [5, 5.41) is 11.7. The highest BCUT2D eigenvalue weighted by Crippen LogP contribution is 2.44. The Morgan fingerprint density at radius 1 is 1.12 bits per heavy atom. The molecule has 25 heavy (non-hydrogen) atoms. The van der Waals surface area contributed by atoms with E-state index in [1.807, 2.05) is 55.5 Å². The zero-order valence-electron chi connectivity index (χ0n) is 14.1. The van der Waals surface area contributed by atoms with Crippen LogP contribution >= 0.6 is 0 Å². The maximum atomic E-state index is 11.7. The third kappa shape index (κ3) is 2.58. The van der Waals surface area contributed by atoms with Crippen molar-refractivity contribution < 1.29 is 4.92 Å². The molecule has 0 spiro atoms. The van der Waals surface area contributed by atoms with E-state index in [9.17, 15) is 10.1 Å². The summed E-state index contributed by atoms with van der Waals surface area (Å²) in [6.45, 7) is 3.77. The van der Waals surface area contributed by atoms with Gasteiger partial charge in [0, 0.05) is 34.9 Å². The number of nitro groups is 1. The topological polar surface area (TPSA) is 68.4 Å². The van der Waals surface area contributed by atoms with Crippen LogP contribution in [-0.2, 0) is 6.42 Å². The van der Waals surface area contributed by atoms with Gasteiger partial charge in [0.2, 0.25) is 0 Å². The van der Waals surface area contributed by atoms with Crippen molar-refractivity contribution in [2.45, 2.75) is 20.3 Å². The van der Waals surface area contributed by atoms with E-state index in [1.165, 1.54) is 0 Å². The highest BCUT2D eigenvalue weighted by molar-refractivity contribution is 6.32. The number of rotatable bonds is 3. The zero-order chi connectivity index (χ0) is 17.6. The molecule has 1 atom stereocenters. The number of allylic oxidation sites excluding steroid dienone is 3. The lowest BCUT2D eigenvalue weighted by Crippen LogP contribution is -2.23. The van der Waals surface area contributed by atoms with Crippen LogP contribution in [0.15, 0.2) is 64.8 Å². The molecular formula is C20H17N3O2. The van der Waals surface area contributed by atoms with Gasteiger partial charge in [-0.1, -0.05) is 30.3 Å². The van der Waals surface area contributed by atoms with Gasteiger partial charge in [-0.25, -0.2) is 0 Å². The van der Waals surface area contributed by atoms with Crippen LogP contribution in [0, 0.1) is 23.0 Å². The SMILES string of the molecule is CC1=CC(Cc2cccc(C)n2)C2=Nc3ccccc3C2=C1[N+](=O)[O-]. The molecule has 5 nitrogen and oxygen atoms in total. The van der Waals surface area contributed by atoms with E-state index in [1.54, 1.807) is 6.92 Å².